The molecule has 1 saturated heterocycles. The molecule has 22 heavy (non-hydrogen) atoms. The Hall–Kier alpha value is -2.34. The standard InChI is InChI=1S/C16H18N2O4/c19-15(18-9-10-22-11-14(18)16(20)21)6-8-17-7-5-12-3-1-2-4-13(12)17/h1-5,7,14H,6,8-11H2,(H,20,21)/t14-/m1/s1. The normalized spacial score (nSPS) is 18.5. The van der Waals surface area contributed by atoms with Crippen molar-refractivity contribution in [1.82, 2.24) is 9.47 Å². The molecule has 1 N–H and O–H groups in total. The number of nitrogens with zero attached hydrogens (tertiary/aromatic N) is 2. The molecule has 1 amide bonds. The van der Waals surface area contributed by atoms with Crippen LogP contribution in [0.15, 0.2) is 36.5 Å². The summed E-state index contributed by atoms with van der Waals surface area (Å²) in [5.41, 5.74) is 1.08. The molecule has 1 atom stereocenters. The zero-order valence-corrected chi connectivity index (χ0v) is 12.1. The van der Waals surface area contributed by atoms with Gasteiger partial charge in [0, 0.05) is 31.2 Å². The van der Waals surface area contributed by atoms with Crippen LogP contribution in [0.3, 0.4) is 0 Å². The fourth-order valence-electron chi connectivity index (χ4n) is 2.80. The summed E-state index contributed by atoms with van der Waals surface area (Å²) in [6.45, 7) is 1.33. The van der Waals surface area contributed by atoms with Gasteiger partial charge in [-0.15, -0.1) is 0 Å². The molecule has 0 saturated carbocycles. The van der Waals surface area contributed by atoms with Gasteiger partial charge in [0.05, 0.1) is 13.2 Å². The van der Waals surface area contributed by atoms with Crippen molar-refractivity contribution in [2.75, 3.05) is 19.8 Å². The Morgan fingerprint density at radius 1 is 1.27 bits per heavy atom. The van der Waals surface area contributed by atoms with Gasteiger partial charge in [0.1, 0.15) is 0 Å². The van der Waals surface area contributed by atoms with Crippen LogP contribution in [-0.2, 0) is 20.9 Å². The van der Waals surface area contributed by atoms with E-state index in [1.165, 1.54) is 4.90 Å². The van der Waals surface area contributed by atoms with Crippen molar-refractivity contribution in [2.24, 2.45) is 0 Å². The van der Waals surface area contributed by atoms with E-state index in [1.54, 1.807) is 0 Å². The molecule has 0 aliphatic carbocycles. The van der Waals surface area contributed by atoms with E-state index in [-0.39, 0.29) is 18.9 Å². The zero-order valence-electron chi connectivity index (χ0n) is 12.1. The number of carbonyl (C=O) groups is 2. The van der Waals surface area contributed by atoms with Crippen LogP contribution < -0.4 is 0 Å². The molecule has 1 aliphatic heterocycles. The molecule has 0 bridgehead atoms. The molecule has 0 radical (unpaired) electrons. The quantitative estimate of drug-likeness (QED) is 0.925. The lowest BCUT2D eigenvalue weighted by molar-refractivity contribution is -0.158. The second kappa shape index (κ2) is 6.19. The van der Waals surface area contributed by atoms with Crippen LogP contribution in [0.5, 0.6) is 0 Å². The van der Waals surface area contributed by atoms with E-state index in [1.807, 2.05) is 41.1 Å². The van der Waals surface area contributed by atoms with Gasteiger partial charge in [0.25, 0.3) is 0 Å². The number of carboxylic acid groups (broad SMARTS) is 1. The highest BCUT2D eigenvalue weighted by Gasteiger charge is 2.32. The summed E-state index contributed by atoms with van der Waals surface area (Å²) in [4.78, 5) is 25.0. The van der Waals surface area contributed by atoms with E-state index in [0.717, 1.165) is 10.9 Å². The lowest BCUT2D eigenvalue weighted by Gasteiger charge is -2.33. The number of aromatic nitrogens is 1. The number of hydrogen-bond acceptors (Lipinski definition) is 3. The maximum absolute atomic E-state index is 12.3. The van der Waals surface area contributed by atoms with Crippen molar-refractivity contribution in [3.8, 4) is 0 Å². The lowest BCUT2D eigenvalue weighted by atomic mass is 10.2. The predicted octanol–water partition coefficient (Wildman–Crippen LogP) is 1.34. The molecular weight excluding hydrogens is 284 g/mol. The molecule has 1 aromatic heterocycles. The topological polar surface area (TPSA) is 71.8 Å². The summed E-state index contributed by atoms with van der Waals surface area (Å²) < 4.78 is 7.17. The fraction of sp³-hybridized carbons (Fsp3) is 0.375. The molecule has 1 aromatic carbocycles. The highest BCUT2D eigenvalue weighted by Crippen LogP contribution is 2.16. The molecule has 2 aromatic rings. The number of amides is 1. The van der Waals surface area contributed by atoms with E-state index in [2.05, 4.69) is 0 Å². The summed E-state index contributed by atoms with van der Waals surface area (Å²) in [7, 11) is 0. The van der Waals surface area contributed by atoms with Crippen molar-refractivity contribution in [3.63, 3.8) is 0 Å². The highest BCUT2D eigenvalue weighted by atomic mass is 16.5. The minimum absolute atomic E-state index is 0.0630. The van der Waals surface area contributed by atoms with Gasteiger partial charge in [0.2, 0.25) is 5.91 Å². The lowest BCUT2D eigenvalue weighted by Crippen LogP contribution is -2.52. The Morgan fingerprint density at radius 2 is 2.09 bits per heavy atom. The monoisotopic (exact) mass is 302 g/mol. The largest absolute Gasteiger partial charge is 0.480 e. The third kappa shape index (κ3) is 2.82. The second-order valence-corrected chi connectivity index (χ2v) is 5.33. The van der Waals surface area contributed by atoms with Gasteiger partial charge in [-0.1, -0.05) is 18.2 Å². The molecule has 0 spiro atoms. The number of carboxylic acids is 1. The van der Waals surface area contributed by atoms with Crippen molar-refractivity contribution in [2.45, 2.75) is 19.0 Å². The number of para-hydroxylation sites is 1. The maximum Gasteiger partial charge on any atom is 0.328 e. The number of carbonyl (C=O) groups excluding carboxylic acids is 1. The van der Waals surface area contributed by atoms with Crippen molar-refractivity contribution >= 4 is 22.8 Å². The molecule has 116 valence electrons. The minimum atomic E-state index is -1.01. The Balaban J connectivity index is 1.67. The molecule has 6 nitrogen and oxygen atoms in total. The smallest absolute Gasteiger partial charge is 0.328 e. The van der Waals surface area contributed by atoms with Crippen LogP contribution >= 0.6 is 0 Å². The van der Waals surface area contributed by atoms with Gasteiger partial charge in [-0.3, -0.25) is 4.79 Å². The van der Waals surface area contributed by atoms with Gasteiger partial charge >= 0.3 is 5.97 Å². The molecule has 1 aliphatic rings. The zero-order chi connectivity index (χ0) is 15.5. The molecule has 6 heteroatoms. The van der Waals surface area contributed by atoms with Crippen molar-refractivity contribution in [3.05, 3.63) is 36.5 Å². The van der Waals surface area contributed by atoms with Crippen LogP contribution in [0, 0.1) is 0 Å². The van der Waals surface area contributed by atoms with Gasteiger partial charge < -0.3 is 19.3 Å². The average Bonchev–Trinajstić information content (AvgIpc) is 2.96. The van der Waals surface area contributed by atoms with E-state index < -0.39 is 12.0 Å². The van der Waals surface area contributed by atoms with E-state index >= 15 is 0 Å². The van der Waals surface area contributed by atoms with Crippen LogP contribution in [0.25, 0.3) is 10.9 Å². The molecule has 1 fully saturated rings. The maximum atomic E-state index is 12.3. The Kier molecular flexibility index (Phi) is 4.11. The first kappa shape index (κ1) is 14.6. The van der Waals surface area contributed by atoms with Gasteiger partial charge in [-0.25, -0.2) is 4.79 Å². The number of aryl methyl sites for hydroxylation is 1. The molecule has 3 rings (SSSR count). The summed E-state index contributed by atoms with van der Waals surface area (Å²) >= 11 is 0. The summed E-state index contributed by atoms with van der Waals surface area (Å²) in [6.07, 6.45) is 2.23. The van der Waals surface area contributed by atoms with Gasteiger partial charge in [-0.2, -0.15) is 0 Å². The Labute approximate surface area is 127 Å². The Bertz CT molecular complexity index is 694. The first-order valence-electron chi connectivity index (χ1n) is 7.31. The van der Waals surface area contributed by atoms with E-state index in [9.17, 15) is 14.7 Å². The van der Waals surface area contributed by atoms with Crippen molar-refractivity contribution in [1.29, 1.82) is 0 Å². The number of morpholine rings is 1. The van der Waals surface area contributed by atoms with Crippen LogP contribution in [0.4, 0.5) is 0 Å². The van der Waals surface area contributed by atoms with Crippen LogP contribution in [-0.4, -0.2) is 52.3 Å². The first-order chi connectivity index (χ1) is 10.7. The van der Waals surface area contributed by atoms with E-state index in [4.69, 9.17) is 4.74 Å². The van der Waals surface area contributed by atoms with Crippen LogP contribution in [0.1, 0.15) is 6.42 Å². The molecular formula is C16H18N2O4. The third-order valence-corrected chi connectivity index (χ3v) is 3.98. The number of hydrogen-bond donors (Lipinski definition) is 1. The van der Waals surface area contributed by atoms with Gasteiger partial charge in [0.15, 0.2) is 6.04 Å². The second-order valence-electron chi connectivity index (χ2n) is 5.33. The predicted molar refractivity (Wildman–Crippen MR) is 80.5 cm³/mol. The number of rotatable bonds is 4. The summed E-state index contributed by atoms with van der Waals surface area (Å²) in [6, 6.07) is 9.11. The molecule has 0 unspecified atom stereocenters. The van der Waals surface area contributed by atoms with Crippen molar-refractivity contribution < 1.29 is 19.4 Å². The SMILES string of the molecule is O=C(O)[C@H]1COCCN1C(=O)CCn1ccc2ccccc21. The summed E-state index contributed by atoms with van der Waals surface area (Å²) in [5.74, 6) is -1.16. The Morgan fingerprint density at radius 3 is 2.91 bits per heavy atom. The number of ether oxygens (including phenoxy) is 1. The summed E-state index contributed by atoms with van der Waals surface area (Å²) in [5, 5.41) is 10.3. The highest BCUT2D eigenvalue weighted by molar-refractivity contribution is 5.84. The number of fused-ring (bicyclic) bond motifs is 1. The van der Waals surface area contributed by atoms with Crippen LogP contribution in [0.2, 0.25) is 0 Å². The minimum Gasteiger partial charge on any atom is -0.480 e. The van der Waals surface area contributed by atoms with E-state index in [0.29, 0.717) is 19.7 Å². The average molecular weight is 302 g/mol. The third-order valence-electron chi connectivity index (χ3n) is 3.98. The first-order valence-corrected chi connectivity index (χ1v) is 7.31. The fourth-order valence-corrected chi connectivity index (χ4v) is 2.80. The number of benzene rings is 1. The molecule has 2 heterocycles. The number of aliphatic carboxylic acids is 1. The van der Waals surface area contributed by atoms with Gasteiger partial charge in [-0.05, 0) is 17.5 Å².